The SMILES string of the molecule is CCc1ccccc1-n1c(C)cc(C=C2C(=N)N3N=C(COc4ccccc4C)SC3=NC2=O)c1C. The number of aryl methyl sites for hydroxylation is 3. The van der Waals surface area contributed by atoms with Crippen molar-refractivity contribution in [3.63, 3.8) is 0 Å². The first-order valence-corrected chi connectivity index (χ1v) is 12.6. The van der Waals surface area contributed by atoms with Gasteiger partial charge in [-0.25, -0.2) is 0 Å². The number of benzene rings is 2. The monoisotopic (exact) mass is 497 g/mol. The number of nitrogens with zero attached hydrogens (tertiary/aromatic N) is 4. The molecule has 2 aliphatic rings. The minimum absolute atomic E-state index is 0.0159. The van der Waals surface area contributed by atoms with Crippen LogP contribution in [0.1, 0.15) is 35.0 Å². The van der Waals surface area contributed by atoms with E-state index >= 15 is 0 Å². The third-order valence-electron chi connectivity index (χ3n) is 6.32. The molecule has 1 aromatic heterocycles. The van der Waals surface area contributed by atoms with Gasteiger partial charge in [-0.2, -0.15) is 15.1 Å². The highest BCUT2D eigenvalue weighted by Gasteiger charge is 2.36. The molecule has 182 valence electrons. The Bertz CT molecular complexity index is 1480. The second-order valence-corrected chi connectivity index (χ2v) is 9.75. The Morgan fingerprint density at radius 3 is 2.61 bits per heavy atom. The Kier molecular flexibility index (Phi) is 6.36. The van der Waals surface area contributed by atoms with Crippen molar-refractivity contribution in [3.05, 3.63) is 88.2 Å². The lowest BCUT2D eigenvalue weighted by Gasteiger charge is -2.20. The number of rotatable bonds is 6. The van der Waals surface area contributed by atoms with E-state index in [1.807, 2.05) is 63.2 Å². The smallest absolute Gasteiger partial charge is 0.283 e. The van der Waals surface area contributed by atoms with Gasteiger partial charge in [0.25, 0.3) is 5.91 Å². The van der Waals surface area contributed by atoms with Crippen LogP contribution in [0.15, 0.2) is 70.3 Å². The van der Waals surface area contributed by atoms with Crippen molar-refractivity contribution >= 4 is 39.8 Å². The van der Waals surface area contributed by atoms with Gasteiger partial charge in [0.2, 0.25) is 5.17 Å². The Morgan fingerprint density at radius 2 is 1.83 bits per heavy atom. The van der Waals surface area contributed by atoms with Crippen molar-refractivity contribution in [2.75, 3.05) is 6.61 Å². The molecule has 0 spiro atoms. The van der Waals surface area contributed by atoms with Crippen molar-refractivity contribution in [2.24, 2.45) is 10.1 Å². The second kappa shape index (κ2) is 9.62. The molecule has 0 unspecified atom stereocenters. The van der Waals surface area contributed by atoms with Crippen LogP contribution >= 0.6 is 11.8 Å². The first kappa shape index (κ1) is 23.8. The molecule has 7 nitrogen and oxygen atoms in total. The third kappa shape index (κ3) is 4.28. The van der Waals surface area contributed by atoms with E-state index in [2.05, 4.69) is 33.7 Å². The number of nitrogens with one attached hydrogen (secondary N) is 1. The summed E-state index contributed by atoms with van der Waals surface area (Å²) >= 11 is 1.25. The minimum atomic E-state index is -0.436. The predicted octanol–water partition coefficient (Wildman–Crippen LogP) is 5.66. The van der Waals surface area contributed by atoms with Crippen molar-refractivity contribution in [1.82, 2.24) is 9.58 Å². The van der Waals surface area contributed by atoms with E-state index in [1.165, 1.54) is 22.3 Å². The molecule has 0 fully saturated rings. The first-order chi connectivity index (χ1) is 17.4. The average molecular weight is 498 g/mol. The van der Waals surface area contributed by atoms with E-state index in [1.54, 1.807) is 6.08 Å². The normalized spacial score (nSPS) is 16.3. The summed E-state index contributed by atoms with van der Waals surface area (Å²) in [5.41, 5.74) is 6.57. The van der Waals surface area contributed by atoms with Crippen LogP contribution in [0.2, 0.25) is 0 Å². The number of amidine groups is 2. The molecule has 0 bridgehead atoms. The fourth-order valence-electron chi connectivity index (χ4n) is 4.44. The topological polar surface area (TPSA) is 83.0 Å². The van der Waals surface area contributed by atoms with Crippen molar-refractivity contribution in [2.45, 2.75) is 34.1 Å². The van der Waals surface area contributed by atoms with Gasteiger partial charge in [0.1, 0.15) is 17.4 Å². The number of fused-ring (bicyclic) bond motifs is 1. The van der Waals surface area contributed by atoms with Gasteiger partial charge in [-0.3, -0.25) is 10.2 Å². The zero-order chi connectivity index (χ0) is 25.4. The van der Waals surface area contributed by atoms with Gasteiger partial charge in [0, 0.05) is 17.1 Å². The number of amides is 1. The summed E-state index contributed by atoms with van der Waals surface area (Å²) in [5, 5.41) is 15.7. The van der Waals surface area contributed by atoms with E-state index in [0.717, 1.165) is 40.4 Å². The number of carbonyl (C=O) groups is 1. The zero-order valence-corrected chi connectivity index (χ0v) is 21.5. The van der Waals surface area contributed by atoms with Crippen LogP contribution < -0.4 is 4.74 Å². The fourth-order valence-corrected chi connectivity index (χ4v) is 5.23. The quantitative estimate of drug-likeness (QED) is 0.445. The van der Waals surface area contributed by atoms with E-state index in [-0.39, 0.29) is 18.0 Å². The van der Waals surface area contributed by atoms with Gasteiger partial charge >= 0.3 is 0 Å². The zero-order valence-electron chi connectivity index (χ0n) is 20.7. The Morgan fingerprint density at radius 1 is 1.08 bits per heavy atom. The first-order valence-electron chi connectivity index (χ1n) is 11.8. The van der Waals surface area contributed by atoms with E-state index in [4.69, 9.17) is 10.1 Å². The number of aliphatic imine (C=N–C) groups is 1. The fraction of sp³-hybridized carbons (Fsp3) is 0.214. The maximum atomic E-state index is 12.9. The lowest BCUT2D eigenvalue weighted by molar-refractivity contribution is -0.114. The van der Waals surface area contributed by atoms with Gasteiger partial charge in [-0.05, 0) is 79.9 Å². The molecule has 1 N–H and O–H groups in total. The highest BCUT2D eigenvalue weighted by molar-refractivity contribution is 8.27. The maximum absolute atomic E-state index is 12.9. The molecule has 2 aromatic carbocycles. The summed E-state index contributed by atoms with van der Waals surface area (Å²) in [7, 11) is 0. The van der Waals surface area contributed by atoms with Crippen LogP contribution in [-0.2, 0) is 11.2 Å². The Hall–Kier alpha value is -3.91. The molecule has 1 amide bonds. The molecule has 0 saturated heterocycles. The molecule has 0 atom stereocenters. The second-order valence-electron chi connectivity index (χ2n) is 8.71. The Labute approximate surface area is 214 Å². The Balaban J connectivity index is 1.42. The molecular weight excluding hydrogens is 470 g/mol. The lowest BCUT2D eigenvalue weighted by atomic mass is 10.1. The molecule has 5 rings (SSSR count). The number of hydrogen-bond donors (Lipinski definition) is 1. The van der Waals surface area contributed by atoms with Gasteiger partial charge in [-0.1, -0.05) is 43.3 Å². The van der Waals surface area contributed by atoms with Gasteiger partial charge in [0.15, 0.2) is 5.84 Å². The van der Waals surface area contributed by atoms with Crippen LogP contribution in [-0.4, -0.2) is 38.1 Å². The summed E-state index contributed by atoms with van der Waals surface area (Å²) in [6, 6.07) is 18.1. The number of ether oxygens (including phenoxy) is 1. The van der Waals surface area contributed by atoms with E-state index in [9.17, 15) is 4.79 Å². The standard InChI is InChI=1S/C28H27N5O2S/c1-5-20-11-7-8-12-23(20)32-18(3)14-21(19(32)4)15-22-26(29)33-28(30-27(22)34)36-25(31-33)16-35-24-13-9-6-10-17(24)2/h6-15,29H,5,16H2,1-4H3. The van der Waals surface area contributed by atoms with Gasteiger partial charge in [-0.15, -0.1) is 0 Å². The van der Waals surface area contributed by atoms with Crippen molar-refractivity contribution in [3.8, 4) is 11.4 Å². The molecule has 3 heterocycles. The van der Waals surface area contributed by atoms with Crippen LogP contribution in [0.25, 0.3) is 11.8 Å². The van der Waals surface area contributed by atoms with Crippen LogP contribution in [0.3, 0.4) is 0 Å². The number of hydrogen-bond acceptors (Lipinski definition) is 5. The highest BCUT2D eigenvalue weighted by atomic mass is 32.2. The molecular formula is C28H27N5O2S. The van der Waals surface area contributed by atoms with Crippen LogP contribution in [0, 0.1) is 26.2 Å². The summed E-state index contributed by atoms with van der Waals surface area (Å²) < 4.78 is 8.09. The maximum Gasteiger partial charge on any atom is 0.283 e. The summed E-state index contributed by atoms with van der Waals surface area (Å²) in [5.74, 6) is 0.357. The van der Waals surface area contributed by atoms with Crippen molar-refractivity contribution < 1.29 is 9.53 Å². The molecule has 0 radical (unpaired) electrons. The van der Waals surface area contributed by atoms with Gasteiger partial charge in [0.05, 0.1) is 5.57 Å². The lowest BCUT2D eigenvalue weighted by Crippen LogP contribution is -2.35. The molecule has 36 heavy (non-hydrogen) atoms. The largest absolute Gasteiger partial charge is 0.486 e. The molecule has 0 saturated carbocycles. The highest BCUT2D eigenvalue weighted by Crippen LogP contribution is 2.31. The predicted molar refractivity (Wildman–Crippen MR) is 146 cm³/mol. The van der Waals surface area contributed by atoms with Crippen LogP contribution in [0.4, 0.5) is 0 Å². The number of para-hydroxylation sites is 2. The number of aromatic nitrogens is 1. The molecule has 2 aliphatic heterocycles. The average Bonchev–Trinajstić information content (AvgIpc) is 3.40. The third-order valence-corrected chi connectivity index (χ3v) is 7.21. The van der Waals surface area contributed by atoms with Crippen LogP contribution in [0.5, 0.6) is 5.75 Å². The number of carbonyl (C=O) groups excluding carboxylic acids is 1. The summed E-state index contributed by atoms with van der Waals surface area (Å²) in [6.07, 6.45) is 2.67. The molecule has 8 heteroatoms. The van der Waals surface area contributed by atoms with Gasteiger partial charge < -0.3 is 9.30 Å². The van der Waals surface area contributed by atoms with Crippen molar-refractivity contribution in [1.29, 1.82) is 5.41 Å². The molecule has 3 aromatic rings. The molecule has 0 aliphatic carbocycles. The van der Waals surface area contributed by atoms with E-state index in [0.29, 0.717) is 10.2 Å². The summed E-state index contributed by atoms with van der Waals surface area (Å²) in [4.78, 5) is 17.2. The summed E-state index contributed by atoms with van der Waals surface area (Å²) in [6.45, 7) is 8.44. The minimum Gasteiger partial charge on any atom is -0.486 e. The number of hydrazone groups is 1. The number of thioether (sulfide) groups is 1. The van der Waals surface area contributed by atoms with E-state index < -0.39 is 5.91 Å².